The summed E-state index contributed by atoms with van der Waals surface area (Å²) in [5.41, 5.74) is 0. The van der Waals surface area contributed by atoms with Crippen molar-refractivity contribution >= 4 is 12.4 Å². The highest BCUT2D eigenvalue weighted by Gasteiger charge is 2.20. The Bertz CT molecular complexity index is 91.8. The molecule has 0 spiro atoms. The summed E-state index contributed by atoms with van der Waals surface area (Å²) in [6.45, 7) is 1.24. The van der Waals surface area contributed by atoms with Gasteiger partial charge in [0.25, 0.3) is 0 Å². The summed E-state index contributed by atoms with van der Waals surface area (Å²) in [6, 6.07) is 0.235. The third-order valence-electron chi connectivity index (χ3n) is 1.70. The molecule has 0 aromatic heterocycles. The Morgan fingerprint density at radius 1 is 1.60 bits per heavy atom. The molecule has 2 atom stereocenters. The lowest BCUT2D eigenvalue weighted by atomic mass is 10.1. The molecule has 10 heavy (non-hydrogen) atoms. The van der Waals surface area contributed by atoms with Crippen LogP contribution in [0.25, 0.3) is 0 Å². The highest BCUT2D eigenvalue weighted by Crippen LogP contribution is 2.05. The highest BCUT2D eigenvalue weighted by molar-refractivity contribution is 5.85. The lowest BCUT2D eigenvalue weighted by Gasteiger charge is -2.26. The SMILES string of the molecule is CN[C@H]1CCOC[C@@H]1O.Cl. The maximum Gasteiger partial charge on any atom is 0.0926 e. The predicted molar refractivity (Wildman–Crippen MR) is 41.5 cm³/mol. The number of hydrogen-bond donors (Lipinski definition) is 2. The number of likely N-dealkylation sites (N-methyl/N-ethyl adjacent to an activating group) is 1. The molecule has 0 unspecified atom stereocenters. The summed E-state index contributed by atoms with van der Waals surface area (Å²) in [6.07, 6.45) is 0.598. The average Bonchev–Trinajstić information content (AvgIpc) is 1.89. The number of halogens is 1. The van der Waals surface area contributed by atoms with Crippen LogP contribution in [-0.4, -0.2) is 37.5 Å². The summed E-state index contributed by atoms with van der Waals surface area (Å²) in [7, 11) is 1.86. The Balaban J connectivity index is 0.000000810. The van der Waals surface area contributed by atoms with Gasteiger partial charge in [0.1, 0.15) is 0 Å². The molecule has 0 aliphatic carbocycles. The van der Waals surface area contributed by atoms with Crippen LogP contribution in [0.15, 0.2) is 0 Å². The smallest absolute Gasteiger partial charge is 0.0926 e. The van der Waals surface area contributed by atoms with E-state index in [0.717, 1.165) is 13.0 Å². The van der Waals surface area contributed by atoms with Crippen molar-refractivity contribution in [1.82, 2.24) is 5.32 Å². The first-order valence-electron chi connectivity index (χ1n) is 3.27. The first-order chi connectivity index (χ1) is 4.34. The molecule has 1 saturated heterocycles. The Labute approximate surface area is 67.2 Å². The number of hydrogen-bond acceptors (Lipinski definition) is 3. The number of ether oxygens (including phenoxy) is 1. The lowest BCUT2D eigenvalue weighted by Crippen LogP contribution is -2.44. The van der Waals surface area contributed by atoms with Gasteiger partial charge in [-0.05, 0) is 13.5 Å². The molecule has 0 aromatic carbocycles. The summed E-state index contributed by atoms with van der Waals surface area (Å²) >= 11 is 0. The van der Waals surface area contributed by atoms with Crippen molar-refractivity contribution in [2.45, 2.75) is 18.6 Å². The topological polar surface area (TPSA) is 41.5 Å². The second-order valence-corrected chi connectivity index (χ2v) is 2.33. The second-order valence-electron chi connectivity index (χ2n) is 2.33. The maximum absolute atomic E-state index is 9.18. The number of rotatable bonds is 1. The van der Waals surface area contributed by atoms with Gasteiger partial charge in [-0.25, -0.2) is 0 Å². The zero-order chi connectivity index (χ0) is 6.69. The molecule has 0 bridgehead atoms. The van der Waals surface area contributed by atoms with E-state index in [2.05, 4.69) is 5.32 Å². The van der Waals surface area contributed by atoms with Crippen molar-refractivity contribution < 1.29 is 9.84 Å². The van der Waals surface area contributed by atoms with Crippen LogP contribution in [0.5, 0.6) is 0 Å². The first kappa shape index (κ1) is 10.2. The van der Waals surface area contributed by atoms with Crippen LogP contribution in [-0.2, 0) is 4.74 Å². The molecule has 0 aromatic rings. The van der Waals surface area contributed by atoms with E-state index in [9.17, 15) is 5.11 Å². The van der Waals surface area contributed by atoms with Crippen molar-refractivity contribution in [1.29, 1.82) is 0 Å². The van der Waals surface area contributed by atoms with E-state index in [0.29, 0.717) is 6.61 Å². The molecule has 1 rings (SSSR count). The zero-order valence-corrected chi connectivity index (χ0v) is 6.86. The van der Waals surface area contributed by atoms with Gasteiger partial charge >= 0.3 is 0 Å². The molecule has 2 N–H and O–H groups in total. The van der Waals surface area contributed by atoms with Crippen LogP contribution in [0.4, 0.5) is 0 Å². The third kappa shape index (κ3) is 2.42. The summed E-state index contributed by atoms with van der Waals surface area (Å²) in [5.74, 6) is 0. The van der Waals surface area contributed by atoms with Gasteiger partial charge in [-0.15, -0.1) is 12.4 Å². The van der Waals surface area contributed by atoms with Crippen LogP contribution in [0.2, 0.25) is 0 Å². The first-order valence-corrected chi connectivity index (χ1v) is 3.27. The van der Waals surface area contributed by atoms with E-state index in [-0.39, 0.29) is 24.6 Å². The number of aliphatic hydroxyl groups is 1. The van der Waals surface area contributed by atoms with Crippen molar-refractivity contribution in [3.8, 4) is 0 Å². The van der Waals surface area contributed by atoms with E-state index in [1.54, 1.807) is 0 Å². The van der Waals surface area contributed by atoms with Gasteiger partial charge in [-0.3, -0.25) is 0 Å². The minimum absolute atomic E-state index is 0. The summed E-state index contributed by atoms with van der Waals surface area (Å²) < 4.78 is 5.02. The normalized spacial score (nSPS) is 33.0. The van der Waals surface area contributed by atoms with E-state index in [4.69, 9.17) is 4.74 Å². The van der Waals surface area contributed by atoms with Crippen LogP contribution in [0.3, 0.4) is 0 Å². The van der Waals surface area contributed by atoms with E-state index in [1.807, 2.05) is 7.05 Å². The molecular weight excluding hydrogens is 154 g/mol. The molecule has 0 saturated carbocycles. The van der Waals surface area contributed by atoms with Gasteiger partial charge in [0.05, 0.1) is 12.7 Å². The Morgan fingerprint density at radius 2 is 2.30 bits per heavy atom. The van der Waals surface area contributed by atoms with Crippen molar-refractivity contribution in [3.05, 3.63) is 0 Å². The zero-order valence-electron chi connectivity index (χ0n) is 6.04. The Kier molecular flexibility index (Phi) is 4.99. The molecule has 4 heteroatoms. The lowest BCUT2D eigenvalue weighted by molar-refractivity contribution is -0.0258. The molecule has 1 aliphatic heterocycles. The van der Waals surface area contributed by atoms with Crippen LogP contribution in [0, 0.1) is 0 Å². The highest BCUT2D eigenvalue weighted by atomic mass is 35.5. The van der Waals surface area contributed by atoms with Crippen LogP contribution in [0.1, 0.15) is 6.42 Å². The minimum atomic E-state index is -0.316. The van der Waals surface area contributed by atoms with Crippen LogP contribution < -0.4 is 5.32 Å². The molecule has 0 radical (unpaired) electrons. The van der Waals surface area contributed by atoms with Crippen molar-refractivity contribution in [3.63, 3.8) is 0 Å². The number of aliphatic hydroxyl groups excluding tert-OH is 1. The minimum Gasteiger partial charge on any atom is -0.389 e. The van der Waals surface area contributed by atoms with Crippen molar-refractivity contribution in [2.24, 2.45) is 0 Å². The summed E-state index contributed by atoms with van der Waals surface area (Å²) in [5, 5.41) is 12.2. The molecule has 1 heterocycles. The quantitative estimate of drug-likeness (QED) is 0.568. The van der Waals surface area contributed by atoms with Gasteiger partial charge in [0.15, 0.2) is 0 Å². The van der Waals surface area contributed by atoms with E-state index in [1.165, 1.54) is 0 Å². The van der Waals surface area contributed by atoms with E-state index >= 15 is 0 Å². The van der Waals surface area contributed by atoms with Gasteiger partial charge in [0, 0.05) is 12.6 Å². The summed E-state index contributed by atoms with van der Waals surface area (Å²) in [4.78, 5) is 0. The second kappa shape index (κ2) is 4.91. The molecule has 0 amide bonds. The molecule has 1 aliphatic rings. The molecule has 3 nitrogen and oxygen atoms in total. The van der Waals surface area contributed by atoms with Gasteiger partial charge < -0.3 is 15.2 Å². The average molecular weight is 168 g/mol. The monoisotopic (exact) mass is 167 g/mol. The standard InChI is InChI=1S/C6H13NO2.ClH/c1-7-5-2-3-9-4-6(5)8;/h5-8H,2-4H2,1H3;1H/t5-,6-;/m0./s1. The molecular formula is C6H14ClNO2. The Morgan fingerprint density at radius 3 is 2.70 bits per heavy atom. The predicted octanol–water partition coefficient (Wildman–Crippen LogP) is -0.223. The van der Waals surface area contributed by atoms with Gasteiger partial charge in [0.2, 0.25) is 0 Å². The largest absolute Gasteiger partial charge is 0.389 e. The van der Waals surface area contributed by atoms with Crippen LogP contribution >= 0.6 is 12.4 Å². The Hall–Kier alpha value is 0.170. The van der Waals surface area contributed by atoms with Crippen molar-refractivity contribution in [2.75, 3.05) is 20.3 Å². The fraction of sp³-hybridized carbons (Fsp3) is 1.00. The van der Waals surface area contributed by atoms with E-state index < -0.39 is 0 Å². The third-order valence-corrected chi connectivity index (χ3v) is 1.70. The molecule has 62 valence electrons. The maximum atomic E-state index is 9.18. The number of nitrogens with one attached hydrogen (secondary N) is 1. The fourth-order valence-corrected chi connectivity index (χ4v) is 1.06. The fourth-order valence-electron chi connectivity index (χ4n) is 1.06. The van der Waals surface area contributed by atoms with Gasteiger partial charge in [-0.1, -0.05) is 0 Å². The van der Waals surface area contributed by atoms with Gasteiger partial charge in [-0.2, -0.15) is 0 Å². The molecule has 1 fully saturated rings.